The Morgan fingerprint density at radius 2 is 2.10 bits per heavy atom. The molecule has 4 heteroatoms. The van der Waals surface area contributed by atoms with Crippen LogP contribution in [0.1, 0.15) is 25.7 Å². The zero-order chi connectivity index (χ0) is 15.1. The van der Waals surface area contributed by atoms with Gasteiger partial charge in [-0.25, -0.2) is 0 Å². The lowest BCUT2D eigenvalue weighted by Gasteiger charge is -2.06. The number of hydrogen-bond donors (Lipinski definition) is 2. The number of aliphatic hydroxyl groups excluding tert-OH is 1. The van der Waals surface area contributed by atoms with E-state index in [1.165, 1.54) is 22.5 Å². The molecular weight excluding hydrogens is 282 g/mol. The van der Waals surface area contributed by atoms with Crippen LogP contribution in [0.2, 0.25) is 0 Å². The van der Waals surface area contributed by atoms with Crippen LogP contribution in [0.4, 0.5) is 0 Å². The number of rotatable bonds is 4. The fraction of sp³-hybridized carbons (Fsp3) is 0.235. The highest BCUT2D eigenvalue weighted by Crippen LogP contribution is 2.15. The maximum Gasteiger partial charge on any atom is 0.261 e. The van der Waals surface area contributed by atoms with Gasteiger partial charge in [0.2, 0.25) is 0 Å². The average Bonchev–Trinajstić information content (AvgIpc) is 2.96. The summed E-state index contributed by atoms with van der Waals surface area (Å²) in [7, 11) is 0. The monoisotopic (exact) mass is 299 g/mol. The Balaban J connectivity index is 1.87. The molecule has 2 aromatic rings. The lowest BCUT2D eigenvalue weighted by molar-refractivity contribution is 0.0958. The molecule has 0 bridgehead atoms. The Bertz CT molecular complexity index is 679. The molecule has 2 N–H and O–H groups in total. The zero-order valence-electron chi connectivity index (χ0n) is 11.8. The molecular formula is C17H17NO2S. The van der Waals surface area contributed by atoms with Crippen molar-refractivity contribution in [1.29, 1.82) is 0 Å². The minimum absolute atomic E-state index is 0.0781. The molecule has 0 atom stereocenters. The third kappa shape index (κ3) is 4.45. The molecule has 0 radical (unpaired) electrons. The largest absolute Gasteiger partial charge is 0.384 e. The van der Waals surface area contributed by atoms with E-state index >= 15 is 0 Å². The number of aryl methyl sites for hydroxylation is 1. The van der Waals surface area contributed by atoms with E-state index in [0.29, 0.717) is 11.4 Å². The summed E-state index contributed by atoms with van der Waals surface area (Å²) in [6, 6.07) is 11.7. The maximum atomic E-state index is 12.0. The van der Waals surface area contributed by atoms with E-state index in [0.717, 1.165) is 11.3 Å². The fourth-order valence-electron chi connectivity index (χ4n) is 1.94. The Kier molecular flexibility index (Phi) is 5.56. The van der Waals surface area contributed by atoms with Crippen LogP contribution in [0.3, 0.4) is 0 Å². The molecule has 0 aliphatic carbocycles. The van der Waals surface area contributed by atoms with Crippen molar-refractivity contribution in [2.45, 2.75) is 13.3 Å². The number of thiophene rings is 1. The van der Waals surface area contributed by atoms with Crippen LogP contribution in [0.5, 0.6) is 0 Å². The van der Waals surface area contributed by atoms with Crippen molar-refractivity contribution in [3.05, 3.63) is 57.3 Å². The first-order valence-corrected chi connectivity index (χ1v) is 7.54. The van der Waals surface area contributed by atoms with Crippen molar-refractivity contribution >= 4 is 17.2 Å². The molecule has 0 aliphatic heterocycles. The van der Waals surface area contributed by atoms with E-state index < -0.39 is 0 Å². The van der Waals surface area contributed by atoms with Crippen molar-refractivity contribution in [3.63, 3.8) is 0 Å². The van der Waals surface area contributed by atoms with Crippen LogP contribution in [-0.4, -0.2) is 24.2 Å². The summed E-state index contributed by atoms with van der Waals surface area (Å²) in [5.41, 5.74) is 2.49. The molecule has 1 heterocycles. The van der Waals surface area contributed by atoms with E-state index in [-0.39, 0.29) is 12.5 Å². The van der Waals surface area contributed by atoms with E-state index in [1.54, 1.807) is 12.1 Å². The Hall–Kier alpha value is -2.09. The quantitative estimate of drug-likeness (QED) is 0.852. The van der Waals surface area contributed by atoms with Gasteiger partial charge in [0.25, 0.3) is 5.91 Å². The maximum absolute atomic E-state index is 12.0. The topological polar surface area (TPSA) is 49.3 Å². The van der Waals surface area contributed by atoms with Gasteiger partial charge >= 0.3 is 0 Å². The van der Waals surface area contributed by atoms with Gasteiger partial charge in [-0.05, 0) is 36.6 Å². The number of carbonyl (C=O) groups is 1. The van der Waals surface area contributed by atoms with Gasteiger partial charge in [0.15, 0.2) is 0 Å². The summed E-state index contributed by atoms with van der Waals surface area (Å²) in [6.07, 6.45) is 0.820. The van der Waals surface area contributed by atoms with Gasteiger partial charge in [0.05, 0.1) is 9.75 Å². The molecule has 1 aromatic carbocycles. The SMILES string of the molecule is Cc1ccccc1CCNC(=O)c1ccc(C#CCO)s1. The summed E-state index contributed by atoms with van der Waals surface area (Å²) in [5, 5.41) is 11.6. The number of amides is 1. The lowest BCUT2D eigenvalue weighted by Crippen LogP contribution is -2.25. The van der Waals surface area contributed by atoms with E-state index in [9.17, 15) is 4.79 Å². The van der Waals surface area contributed by atoms with E-state index in [2.05, 4.69) is 36.2 Å². The number of carbonyl (C=O) groups excluding carboxylic acids is 1. The predicted octanol–water partition coefficient (Wildman–Crippen LogP) is 2.37. The Morgan fingerprint density at radius 1 is 1.29 bits per heavy atom. The third-order valence-electron chi connectivity index (χ3n) is 3.06. The number of hydrogen-bond acceptors (Lipinski definition) is 3. The molecule has 1 amide bonds. The molecule has 0 aliphatic rings. The number of aliphatic hydroxyl groups is 1. The molecule has 0 saturated carbocycles. The summed E-state index contributed by atoms with van der Waals surface area (Å²) in [6.45, 7) is 2.51. The Morgan fingerprint density at radius 3 is 2.86 bits per heavy atom. The van der Waals surface area contributed by atoms with Crippen molar-refractivity contribution in [3.8, 4) is 11.8 Å². The zero-order valence-corrected chi connectivity index (χ0v) is 12.7. The summed E-state index contributed by atoms with van der Waals surface area (Å²) in [4.78, 5) is 13.4. The molecule has 3 nitrogen and oxygen atoms in total. The highest BCUT2D eigenvalue weighted by molar-refractivity contribution is 7.14. The van der Waals surface area contributed by atoms with E-state index in [4.69, 9.17) is 5.11 Å². The van der Waals surface area contributed by atoms with Crippen molar-refractivity contribution < 1.29 is 9.90 Å². The molecule has 1 aromatic heterocycles. The molecule has 0 fully saturated rings. The van der Waals surface area contributed by atoms with Gasteiger partial charge in [0, 0.05) is 6.54 Å². The number of nitrogens with one attached hydrogen (secondary N) is 1. The minimum Gasteiger partial charge on any atom is -0.384 e. The van der Waals surface area contributed by atoms with Crippen LogP contribution in [0.25, 0.3) is 0 Å². The standard InChI is InChI=1S/C17H17NO2S/c1-13-5-2-3-6-14(13)10-11-18-17(20)16-9-8-15(21-16)7-4-12-19/h2-3,5-6,8-9,19H,10-12H2,1H3,(H,18,20). The highest BCUT2D eigenvalue weighted by Gasteiger charge is 2.08. The first-order valence-electron chi connectivity index (χ1n) is 6.73. The highest BCUT2D eigenvalue weighted by atomic mass is 32.1. The van der Waals surface area contributed by atoms with Gasteiger partial charge in [-0.2, -0.15) is 0 Å². The van der Waals surface area contributed by atoms with Crippen LogP contribution in [0.15, 0.2) is 36.4 Å². The normalized spacial score (nSPS) is 9.81. The van der Waals surface area contributed by atoms with Crippen molar-refractivity contribution in [1.82, 2.24) is 5.32 Å². The van der Waals surface area contributed by atoms with Gasteiger partial charge in [-0.15, -0.1) is 11.3 Å². The molecule has 2 rings (SSSR count). The van der Waals surface area contributed by atoms with Crippen LogP contribution in [0, 0.1) is 18.8 Å². The molecule has 0 saturated heterocycles. The first-order chi connectivity index (χ1) is 10.2. The van der Waals surface area contributed by atoms with E-state index in [1.807, 2.05) is 12.1 Å². The second-order valence-corrected chi connectivity index (χ2v) is 5.64. The van der Waals surface area contributed by atoms with Crippen LogP contribution >= 0.6 is 11.3 Å². The minimum atomic E-state index is -0.171. The number of benzene rings is 1. The van der Waals surface area contributed by atoms with Crippen molar-refractivity contribution in [2.24, 2.45) is 0 Å². The average molecular weight is 299 g/mol. The summed E-state index contributed by atoms with van der Waals surface area (Å²) >= 11 is 1.33. The molecule has 21 heavy (non-hydrogen) atoms. The van der Waals surface area contributed by atoms with Gasteiger partial charge in [0.1, 0.15) is 6.61 Å². The molecule has 0 unspecified atom stereocenters. The second kappa shape index (κ2) is 7.63. The van der Waals surface area contributed by atoms with Crippen LogP contribution < -0.4 is 5.32 Å². The summed E-state index contributed by atoms with van der Waals surface area (Å²) < 4.78 is 0. The third-order valence-corrected chi connectivity index (χ3v) is 4.06. The van der Waals surface area contributed by atoms with Gasteiger partial charge in [-0.1, -0.05) is 36.1 Å². The molecule has 0 spiro atoms. The fourth-order valence-corrected chi connectivity index (χ4v) is 2.74. The van der Waals surface area contributed by atoms with Gasteiger partial charge < -0.3 is 10.4 Å². The predicted molar refractivity (Wildman–Crippen MR) is 85.5 cm³/mol. The van der Waals surface area contributed by atoms with Crippen molar-refractivity contribution in [2.75, 3.05) is 13.2 Å². The Labute approximate surface area is 128 Å². The second-order valence-electron chi connectivity index (χ2n) is 4.56. The van der Waals surface area contributed by atoms with Crippen LogP contribution in [-0.2, 0) is 6.42 Å². The van der Waals surface area contributed by atoms with Gasteiger partial charge in [-0.3, -0.25) is 4.79 Å². The molecule has 108 valence electrons. The smallest absolute Gasteiger partial charge is 0.261 e. The summed E-state index contributed by atoms with van der Waals surface area (Å²) in [5.74, 6) is 5.29. The first kappa shape index (κ1) is 15.3. The lowest BCUT2D eigenvalue weighted by atomic mass is 10.1.